The summed E-state index contributed by atoms with van der Waals surface area (Å²) in [7, 11) is -4.73. The lowest BCUT2D eigenvalue weighted by molar-refractivity contribution is -0.365. The minimum Gasteiger partial charge on any atom is -0.382 e. The van der Waals surface area contributed by atoms with E-state index >= 15 is 0 Å². The molecule has 2 atom stereocenters. The van der Waals surface area contributed by atoms with E-state index in [-0.39, 0.29) is 19.5 Å². The van der Waals surface area contributed by atoms with Crippen LogP contribution in [0.1, 0.15) is 54.8 Å². The average Bonchev–Trinajstić information content (AvgIpc) is 3.57. The summed E-state index contributed by atoms with van der Waals surface area (Å²) in [4.78, 5) is 35.5. The van der Waals surface area contributed by atoms with E-state index < -0.39 is 25.4 Å². The number of pyridine rings is 2. The van der Waals surface area contributed by atoms with Gasteiger partial charge in [0, 0.05) is 109 Å². The maximum Gasteiger partial charge on any atom is 0.279 e. The Morgan fingerprint density at radius 2 is 1.30 bits per heavy atom. The van der Waals surface area contributed by atoms with Gasteiger partial charge in [-0.3, -0.25) is 4.57 Å². The third-order valence-corrected chi connectivity index (χ3v) is 10.7. The highest BCUT2D eigenvalue weighted by Crippen LogP contribution is 2.28. The first kappa shape index (κ1) is 53.4. The molecule has 0 aromatic carbocycles. The molecule has 21 nitrogen and oxygen atoms in total. The third kappa shape index (κ3) is 15.5. The molecule has 2 saturated heterocycles. The van der Waals surface area contributed by atoms with E-state index in [2.05, 4.69) is 67.6 Å². The zero-order chi connectivity index (χ0) is 47.4. The second kappa shape index (κ2) is 24.0. The molecule has 0 amide bonds. The Kier molecular flexibility index (Phi) is 19.5. The molecule has 0 bridgehead atoms. The molecule has 0 spiro atoms. The number of anilines is 5. The molecule has 0 aliphatic carbocycles. The van der Waals surface area contributed by atoms with Gasteiger partial charge in [0.2, 0.25) is 11.9 Å². The van der Waals surface area contributed by atoms with Crippen LogP contribution in [0.2, 0.25) is 0 Å². The van der Waals surface area contributed by atoms with Crippen molar-refractivity contribution in [3.63, 3.8) is 0 Å². The number of nitrogen functional groups attached to an aromatic ring is 1. The summed E-state index contributed by atoms with van der Waals surface area (Å²) < 4.78 is 61.7. The number of morpholine rings is 2. The zero-order valence-corrected chi connectivity index (χ0v) is 40.9. The average molecular weight is 957 g/mol. The Morgan fingerprint density at radius 1 is 0.788 bits per heavy atom. The Morgan fingerprint density at radius 3 is 1.82 bits per heavy atom. The summed E-state index contributed by atoms with van der Waals surface area (Å²) in [6, 6.07) is 11.2. The van der Waals surface area contributed by atoms with Crippen LogP contribution in [-0.2, 0) is 43.1 Å². The van der Waals surface area contributed by atoms with Gasteiger partial charge >= 0.3 is 0 Å². The maximum atomic E-state index is 12.3. The predicted octanol–water partition coefficient (Wildman–Crippen LogP) is 6.29. The van der Waals surface area contributed by atoms with Crippen LogP contribution in [0.25, 0.3) is 17.1 Å². The van der Waals surface area contributed by atoms with E-state index in [1.165, 1.54) is 0 Å². The molecule has 0 saturated carbocycles. The van der Waals surface area contributed by atoms with Crippen molar-refractivity contribution in [2.45, 2.75) is 73.9 Å². The van der Waals surface area contributed by atoms with Gasteiger partial charge in [-0.1, -0.05) is 7.43 Å². The van der Waals surface area contributed by atoms with Crippen molar-refractivity contribution in [3.05, 3.63) is 54.6 Å². The summed E-state index contributed by atoms with van der Waals surface area (Å²) in [5.74, 6) is 3.15. The molecule has 2 aliphatic heterocycles. The van der Waals surface area contributed by atoms with Gasteiger partial charge in [0.1, 0.15) is 23.3 Å². The van der Waals surface area contributed by atoms with E-state index in [0.717, 1.165) is 23.7 Å². The van der Waals surface area contributed by atoms with Gasteiger partial charge in [-0.05, 0) is 65.8 Å². The molecular weight excluding hydrogens is 889 g/mol. The number of imidazole rings is 1. The quantitative estimate of drug-likeness (QED) is 0.123. The first-order chi connectivity index (χ1) is 30.8. The third-order valence-electron chi connectivity index (χ3n) is 9.44. The fraction of sp³-hybridized carbons (Fsp3) is 0.558. The molecule has 364 valence electrons. The SMILES string of the molecule is C.CCOC(C)(OCC)OCC.C[C@@H]1COCCN1c1cc(N=S(C)(C)=O)nc(Nc2cccnc2N)n1.Cc1nc2ncccc2n1-c1nc(N=S(C)(C)=O)cc(N2CCOC[C@H]2C)n1. The molecule has 5 aromatic rings. The van der Waals surface area contributed by atoms with Crippen LogP contribution in [0.5, 0.6) is 0 Å². The smallest absolute Gasteiger partial charge is 0.279 e. The minimum atomic E-state index is -2.37. The summed E-state index contributed by atoms with van der Waals surface area (Å²) in [6.07, 6.45) is 9.63. The molecule has 7 heterocycles. The lowest BCUT2D eigenvalue weighted by atomic mass is 10.2. The van der Waals surface area contributed by atoms with E-state index in [1.54, 1.807) is 68.6 Å². The van der Waals surface area contributed by atoms with E-state index in [0.29, 0.717) is 99.3 Å². The first-order valence-corrected chi connectivity index (χ1v) is 26.0. The monoisotopic (exact) mass is 956 g/mol. The van der Waals surface area contributed by atoms with Crippen molar-refractivity contribution in [1.29, 1.82) is 0 Å². The highest BCUT2D eigenvalue weighted by Gasteiger charge is 2.26. The fourth-order valence-corrected chi connectivity index (χ4v) is 7.88. The fourth-order valence-electron chi connectivity index (χ4n) is 6.80. The summed E-state index contributed by atoms with van der Waals surface area (Å²) >= 11 is 0. The van der Waals surface area contributed by atoms with E-state index in [4.69, 9.17) is 34.4 Å². The van der Waals surface area contributed by atoms with Crippen molar-refractivity contribution >= 4 is 71.3 Å². The van der Waals surface area contributed by atoms with Gasteiger partial charge in [0.05, 0.1) is 49.7 Å². The van der Waals surface area contributed by atoms with Crippen molar-refractivity contribution in [2.24, 2.45) is 8.73 Å². The van der Waals surface area contributed by atoms with Crippen LogP contribution < -0.4 is 20.9 Å². The molecule has 23 heteroatoms. The van der Waals surface area contributed by atoms with Crippen LogP contribution in [0, 0.1) is 6.92 Å². The van der Waals surface area contributed by atoms with Crippen molar-refractivity contribution < 1.29 is 32.1 Å². The molecule has 2 aliphatic rings. The highest BCUT2D eigenvalue weighted by molar-refractivity contribution is 7.92. The Labute approximate surface area is 390 Å². The number of hydrogen-bond donors (Lipinski definition) is 2. The zero-order valence-electron chi connectivity index (χ0n) is 39.3. The van der Waals surface area contributed by atoms with Gasteiger partial charge in [-0.2, -0.15) is 28.7 Å². The summed E-state index contributed by atoms with van der Waals surface area (Å²) in [5, 5.41) is 3.07. The Balaban J connectivity index is 0.000000234. The van der Waals surface area contributed by atoms with Gasteiger partial charge < -0.3 is 44.5 Å². The van der Waals surface area contributed by atoms with E-state index in [9.17, 15) is 8.42 Å². The number of rotatable bonds is 13. The summed E-state index contributed by atoms with van der Waals surface area (Å²) in [6.45, 7) is 19.3. The number of nitrogens with one attached hydrogen (secondary N) is 1. The van der Waals surface area contributed by atoms with Crippen LogP contribution in [0.3, 0.4) is 0 Å². The van der Waals surface area contributed by atoms with Gasteiger partial charge in [0.25, 0.3) is 5.97 Å². The lowest BCUT2D eigenvalue weighted by Crippen LogP contribution is -2.44. The highest BCUT2D eigenvalue weighted by atomic mass is 32.2. The molecular formula is C43H68N14O7S2. The number of nitrogens with two attached hydrogens (primary N) is 1. The Hall–Kier alpha value is -5.17. The molecule has 3 N–H and O–H groups in total. The van der Waals surface area contributed by atoms with E-state index in [1.807, 2.05) is 44.4 Å². The summed E-state index contributed by atoms with van der Waals surface area (Å²) in [5.41, 5.74) is 7.92. The first-order valence-electron chi connectivity index (χ1n) is 21.3. The molecule has 5 aromatic heterocycles. The maximum absolute atomic E-state index is 12.3. The molecule has 66 heavy (non-hydrogen) atoms. The number of fused-ring (bicyclic) bond motifs is 1. The van der Waals surface area contributed by atoms with Crippen molar-refractivity contribution in [3.8, 4) is 5.95 Å². The van der Waals surface area contributed by atoms with Crippen LogP contribution >= 0.6 is 0 Å². The van der Waals surface area contributed by atoms with Gasteiger partial charge in [-0.25, -0.2) is 23.4 Å². The number of aryl methyl sites for hydroxylation is 1. The molecule has 0 unspecified atom stereocenters. The van der Waals surface area contributed by atoms with Crippen LogP contribution in [-0.4, -0.2) is 150 Å². The Bertz CT molecular complexity index is 2580. The van der Waals surface area contributed by atoms with Crippen LogP contribution in [0.4, 0.5) is 40.7 Å². The topological polar surface area (TPSA) is 245 Å². The van der Waals surface area contributed by atoms with Gasteiger partial charge in [0.15, 0.2) is 17.3 Å². The second-order valence-corrected chi connectivity index (χ2v) is 20.7. The predicted molar refractivity (Wildman–Crippen MR) is 263 cm³/mol. The van der Waals surface area contributed by atoms with Crippen molar-refractivity contribution in [1.82, 2.24) is 39.5 Å². The molecule has 0 radical (unpaired) electrons. The molecule has 7 rings (SSSR count). The molecule has 2 fully saturated rings. The number of aromatic nitrogens is 8. The van der Waals surface area contributed by atoms with Crippen LogP contribution in [0.15, 0.2) is 57.5 Å². The van der Waals surface area contributed by atoms with Gasteiger partial charge in [-0.15, -0.1) is 0 Å². The normalized spacial score (nSPS) is 16.6. The second-order valence-electron chi connectivity index (χ2n) is 15.6. The minimum absolute atomic E-state index is 0. The number of ether oxygens (including phenoxy) is 5. The number of nitrogens with zero attached hydrogens (tertiary/aromatic N) is 12. The lowest BCUT2D eigenvalue weighted by Gasteiger charge is -2.34. The number of hydrogen-bond acceptors (Lipinski definition) is 20. The van der Waals surface area contributed by atoms with Crippen molar-refractivity contribution in [2.75, 3.05) is 105 Å². The largest absolute Gasteiger partial charge is 0.382 e. The standard InChI is InChI=1S/C18H23N7O2S.C16H23N7O2S.C8H18O3.CH4/c1-12-11-27-9-8-24(12)16-10-15(23-28(3,4)26)21-18(22-16)25-13(2)20-17-14(25)6-5-7-19-17;1-11-10-25-8-7-23(11)14-9-13(22-26(2,3)24)20-16(21-14)19-12-5-4-6-18-15(12)17;1-5-9-8(4,10-6-2)11-7-3;/h5-7,10,12H,8-9,11H2,1-4H3;4-6,9,11H,7-8,10H2,1-3H3,(H2,17,18)(H,19,20,21);5-7H2,1-4H3;1H4/t12-;11-;;/m11../s1.